The Labute approximate surface area is 93.7 Å². The Balaban J connectivity index is 2.16. The quantitative estimate of drug-likeness (QED) is 0.714. The van der Waals surface area contributed by atoms with E-state index in [-0.39, 0.29) is 0 Å². The molecule has 0 N–H and O–H groups in total. The number of hydrogen-bond donors (Lipinski definition) is 0. The fourth-order valence-corrected chi connectivity index (χ4v) is 2.25. The zero-order valence-electron chi connectivity index (χ0n) is 9.10. The topological polar surface area (TPSA) is 34.9 Å². The Bertz CT molecular complexity index is 569. The number of nitrogens with zero attached hydrogens (tertiary/aromatic N) is 2. The summed E-state index contributed by atoms with van der Waals surface area (Å²) in [5, 5.41) is 0. The second-order valence-electron chi connectivity index (χ2n) is 4.17. The molecule has 1 aliphatic rings. The van der Waals surface area contributed by atoms with Crippen molar-refractivity contribution in [2.45, 2.75) is 19.8 Å². The molecule has 0 fully saturated rings. The van der Waals surface area contributed by atoms with E-state index < -0.39 is 0 Å². The van der Waals surface area contributed by atoms with E-state index in [9.17, 15) is 4.79 Å². The smallest absolute Gasteiger partial charge is 0.150 e. The van der Waals surface area contributed by atoms with Gasteiger partial charge in [-0.15, -0.1) is 0 Å². The van der Waals surface area contributed by atoms with Gasteiger partial charge in [0, 0.05) is 17.4 Å². The fraction of sp³-hybridized carbons (Fsp3) is 0.231. The molecule has 1 aliphatic carbocycles. The van der Waals surface area contributed by atoms with E-state index in [1.807, 2.05) is 36.1 Å². The van der Waals surface area contributed by atoms with Gasteiger partial charge in [-0.3, -0.25) is 4.79 Å². The van der Waals surface area contributed by atoms with Gasteiger partial charge in [0.05, 0.1) is 12.0 Å². The van der Waals surface area contributed by atoms with Crippen LogP contribution in [-0.4, -0.2) is 15.8 Å². The molecule has 1 aromatic heterocycles. The average molecular weight is 212 g/mol. The molecule has 16 heavy (non-hydrogen) atoms. The lowest BCUT2D eigenvalue weighted by atomic mass is 9.83. The first-order chi connectivity index (χ1) is 7.79. The number of benzene rings is 1. The molecular weight excluding hydrogens is 200 g/mol. The number of fused-ring (bicyclic) bond motifs is 1. The van der Waals surface area contributed by atoms with Crippen molar-refractivity contribution in [3.63, 3.8) is 0 Å². The van der Waals surface area contributed by atoms with Crippen molar-refractivity contribution in [1.82, 2.24) is 9.55 Å². The summed E-state index contributed by atoms with van der Waals surface area (Å²) >= 11 is 0. The van der Waals surface area contributed by atoms with Crippen LogP contribution in [0.1, 0.15) is 27.2 Å². The molecule has 0 unspecified atom stereocenters. The monoisotopic (exact) mass is 212 g/mol. The zero-order chi connectivity index (χ0) is 11.1. The van der Waals surface area contributed by atoms with Crippen LogP contribution in [0.5, 0.6) is 0 Å². The SMILES string of the molecule is Cc1cn(-c2ccc(C=O)c3c2CC3)cn1. The molecule has 0 atom stereocenters. The van der Waals surface area contributed by atoms with Crippen molar-refractivity contribution in [2.75, 3.05) is 0 Å². The van der Waals surface area contributed by atoms with Crippen molar-refractivity contribution < 1.29 is 4.79 Å². The van der Waals surface area contributed by atoms with Crippen molar-refractivity contribution in [2.24, 2.45) is 0 Å². The fourth-order valence-electron chi connectivity index (χ4n) is 2.25. The van der Waals surface area contributed by atoms with Gasteiger partial charge in [-0.1, -0.05) is 0 Å². The number of hydrogen-bond acceptors (Lipinski definition) is 2. The van der Waals surface area contributed by atoms with Crippen LogP contribution in [0.3, 0.4) is 0 Å². The molecule has 3 nitrogen and oxygen atoms in total. The number of imidazole rings is 1. The molecule has 0 aliphatic heterocycles. The van der Waals surface area contributed by atoms with E-state index in [0.717, 1.165) is 36.1 Å². The third-order valence-electron chi connectivity index (χ3n) is 3.18. The molecule has 1 heterocycles. The second kappa shape index (κ2) is 3.30. The van der Waals surface area contributed by atoms with Gasteiger partial charge in [-0.25, -0.2) is 4.98 Å². The Kier molecular flexibility index (Phi) is 1.93. The highest BCUT2D eigenvalue weighted by atomic mass is 16.1. The highest BCUT2D eigenvalue weighted by molar-refractivity contribution is 5.80. The molecule has 3 heteroatoms. The predicted octanol–water partition coefficient (Wildman–Crippen LogP) is 2.09. The van der Waals surface area contributed by atoms with Crippen molar-refractivity contribution in [1.29, 1.82) is 0 Å². The van der Waals surface area contributed by atoms with Gasteiger partial charge in [-0.05, 0) is 43.0 Å². The van der Waals surface area contributed by atoms with Gasteiger partial charge < -0.3 is 4.57 Å². The molecule has 80 valence electrons. The van der Waals surface area contributed by atoms with Crippen LogP contribution in [0.15, 0.2) is 24.7 Å². The third-order valence-corrected chi connectivity index (χ3v) is 3.18. The molecule has 0 radical (unpaired) electrons. The van der Waals surface area contributed by atoms with Gasteiger partial charge in [-0.2, -0.15) is 0 Å². The number of rotatable bonds is 2. The maximum atomic E-state index is 10.8. The Hall–Kier alpha value is -1.90. The summed E-state index contributed by atoms with van der Waals surface area (Å²) in [6, 6.07) is 3.90. The minimum atomic E-state index is 0.835. The van der Waals surface area contributed by atoms with Crippen molar-refractivity contribution in [3.05, 3.63) is 47.0 Å². The predicted molar refractivity (Wildman–Crippen MR) is 61.1 cm³/mol. The van der Waals surface area contributed by atoms with Gasteiger partial charge >= 0.3 is 0 Å². The van der Waals surface area contributed by atoms with Gasteiger partial charge in [0.25, 0.3) is 0 Å². The molecule has 0 spiro atoms. The molecule has 3 rings (SSSR count). The minimum Gasteiger partial charge on any atom is -0.306 e. The Morgan fingerprint density at radius 2 is 2.12 bits per heavy atom. The molecular formula is C13H12N2O. The summed E-state index contributed by atoms with van der Waals surface area (Å²) in [5.41, 5.74) is 5.50. The number of carbonyl (C=O) groups excluding carboxylic acids is 1. The molecule has 2 aromatic rings. The lowest BCUT2D eigenvalue weighted by Gasteiger charge is -2.24. The normalized spacial score (nSPS) is 13.1. The van der Waals surface area contributed by atoms with Crippen molar-refractivity contribution in [3.8, 4) is 5.69 Å². The molecule has 0 saturated carbocycles. The summed E-state index contributed by atoms with van der Waals surface area (Å²) in [7, 11) is 0. The van der Waals surface area contributed by atoms with Crippen LogP contribution in [0.4, 0.5) is 0 Å². The van der Waals surface area contributed by atoms with Crippen LogP contribution in [-0.2, 0) is 12.8 Å². The second-order valence-corrected chi connectivity index (χ2v) is 4.17. The highest BCUT2D eigenvalue weighted by Crippen LogP contribution is 2.31. The molecule has 0 bridgehead atoms. The van der Waals surface area contributed by atoms with Gasteiger partial charge in [0.15, 0.2) is 0 Å². The van der Waals surface area contributed by atoms with Crippen LogP contribution >= 0.6 is 0 Å². The summed E-state index contributed by atoms with van der Waals surface area (Å²) in [6.07, 6.45) is 6.85. The first kappa shape index (κ1) is 9.33. The first-order valence-corrected chi connectivity index (χ1v) is 5.40. The van der Waals surface area contributed by atoms with E-state index in [1.54, 1.807) is 0 Å². The van der Waals surface area contributed by atoms with Gasteiger partial charge in [0.1, 0.15) is 6.29 Å². The standard InChI is InChI=1S/C13H12N2O/c1-9-6-15(8-14-9)13-5-2-10(7-16)11-3-4-12(11)13/h2,5-8H,3-4H2,1H3. The number of aromatic nitrogens is 2. The third kappa shape index (κ3) is 1.21. The molecule has 0 saturated heterocycles. The van der Waals surface area contributed by atoms with Gasteiger partial charge in [0.2, 0.25) is 0 Å². The number of aldehydes is 1. The maximum Gasteiger partial charge on any atom is 0.150 e. The first-order valence-electron chi connectivity index (χ1n) is 5.40. The van der Waals surface area contributed by atoms with E-state index in [1.165, 1.54) is 11.1 Å². The Morgan fingerprint density at radius 1 is 1.31 bits per heavy atom. The van der Waals surface area contributed by atoms with Crippen LogP contribution < -0.4 is 0 Å². The van der Waals surface area contributed by atoms with Crippen LogP contribution in [0.25, 0.3) is 5.69 Å². The summed E-state index contributed by atoms with van der Waals surface area (Å²) in [5.74, 6) is 0. The van der Waals surface area contributed by atoms with E-state index in [2.05, 4.69) is 4.98 Å². The van der Waals surface area contributed by atoms with Crippen molar-refractivity contribution >= 4 is 6.29 Å². The Morgan fingerprint density at radius 3 is 2.69 bits per heavy atom. The van der Waals surface area contributed by atoms with E-state index in [4.69, 9.17) is 0 Å². The summed E-state index contributed by atoms with van der Waals surface area (Å²) < 4.78 is 2.03. The number of aryl methyl sites for hydroxylation is 1. The number of carbonyl (C=O) groups is 1. The maximum absolute atomic E-state index is 10.8. The average Bonchev–Trinajstić information content (AvgIpc) is 2.65. The zero-order valence-corrected chi connectivity index (χ0v) is 9.10. The lowest BCUT2D eigenvalue weighted by molar-refractivity contribution is 0.112. The molecule has 1 aromatic carbocycles. The molecule has 0 amide bonds. The van der Waals surface area contributed by atoms with Crippen LogP contribution in [0, 0.1) is 6.92 Å². The van der Waals surface area contributed by atoms with Crippen LogP contribution in [0.2, 0.25) is 0 Å². The summed E-state index contributed by atoms with van der Waals surface area (Å²) in [4.78, 5) is 15.1. The largest absolute Gasteiger partial charge is 0.306 e. The van der Waals surface area contributed by atoms with E-state index >= 15 is 0 Å². The minimum absolute atomic E-state index is 0.835. The van der Waals surface area contributed by atoms with E-state index in [0.29, 0.717) is 0 Å². The summed E-state index contributed by atoms with van der Waals surface area (Å²) in [6.45, 7) is 1.97. The highest BCUT2D eigenvalue weighted by Gasteiger charge is 2.21. The lowest BCUT2D eigenvalue weighted by Crippen LogP contribution is -2.15.